The third kappa shape index (κ3) is 2.72. The zero-order valence-electron chi connectivity index (χ0n) is 10.2. The first-order valence-corrected chi connectivity index (χ1v) is 5.35. The number of benzene rings is 1. The zero-order chi connectivity index (χ0) is 12.3. The van der Waals surface area contributed by atoms with Crippen LogP contribution in [0, 0.1) is 6.92 Å². The van der Waals surface area contributed by atoms with Gasteiger partial charge in [0.15, 0.2) is 0 Å². The Kier molecular flexibility index (Phi) is 3.23. The standard InChI is InChI=1S/C13H15N3O/c1-10-4-5-13(17-3)12(6-10)14-7-11-8-16(2)9-15-11/h4-9H,1-3H3. The Bertz CT molecular complexity index is 543. The fourth-order valence-electron chi connectivity index (χ4n) is 1.54. The number of ether oxygens (including phenoxy) is 1. The minimum atomic E-state index is 0.766. The molecule has 0 fully saturated rings. The van der Waals surface area contributed by atoms with Gasteiger partial charge in [0, 0.05) is 13.2 Å². The van der Waals surface area contributed by atoms with Crippen molar-refractivity contribution in [1.82, 2.24) is 9.55 Å². The summed E-state index contributed by atoms with van der Waals surface area (Å²) >= 11 is 0. The van der Waals surface area contributed by atoms with Gasteiger partial charge in [0.2, 0.25) is 0 Å². The number of aromatic nitrogens is 2. The van der Waals surface area contributed by atoms with Crippen LogP contribution in [0.5, 0.6) is 5.75 Å². The van der Waals surface area contributed by atoms with Crippen LogP contribution in [-0.4, -0.2) is 22.9 Å². The molecule has 0 aliphatic rings. The summed E-state index contributed by atoms with van der Waals surface area (Å²) in [6.45, 7) is 2.03. The molecule has 0 atom stereocenters. The lowest BCUT2D eigenvalue weighted by molar-refractivity contribution is 0.416. The fourth-order valence-corrected chi connectivity index (χ4v) is 1.54. The Labute approximate surface area is 101 Å². The second kappa shape index (κ2) is 4.82. The second-order valence-corrected chi connectivity index (χ2v) is 3.90. The number of methoxy groups -OCH3 is 1. The van der Waals surface area contributed by atoms with Crippen LogP contribution in [0.3, 0.4) is 0 Å². The molecule has 0 radical (unpaired) electrons. The molecule has 0 amide bonds. The largest absolute Gasteiger partial charge is 0.494 e. The predicted molar refractivity (Wildman–Crippen MR) is 68.2 cm³/mol. The van der Waals surface area contributed by atoms with Gasteiger partial charge < -0.3 is 9.30 Å². The van der Waals surface area contributed by atoms with Crippen molar-refractivity contribution in [2.45, 2.75) is 6.92 Å². The first kappa shape index (κ1) is 11.4. The highest BCUT2D eigenvalue weighted by molar-refractivity contribution is 5.80. The first-order chi connectivity index (χ1) is 8.19. The maximum Gasteiger partial charge on any atom is 0.144 e. The van der Waals surface area contributed by atoms with E-state index in [-0.39, 0.29) is 0 Å². The molecule has 0 N–H and O–H groups in total. The number of aliphatic imine (C=N–C) groups is 1. The van der Waals surface area contributed by atoms with Gasteiger partial charge in [-0.3, -0.25) is 4.99 Å². The van der Waals surface area contributed by atoms with E-state index in [1.54, 1.807) is 19.7 Å². The van der Waals surface area contributed by atoms with Gasteiger partial charge in [-0.05, 0) is 24.6 Å². The zero-order valence-corrected chi connectivity index (χ0v) is 10.2. The van der Waals surface area contributed by atoms with Crippen LogP contribution in [0.2, 0.25) is 0 Å². The molecular formula is C13H15N3O. The molecule has 0 aliphatic heterocycles. The summed E-state index contributed by atoms with van der Waals surface area (Å²) in [7, 11) is 3.57. The van der Waals surface area contributed by atoms with Crippen molar-refractivity contribution in [3.63, 3.8) is 0 Å². The molecule has 4 nitrogen and oxygen atoms in total. The van der Waals surface area contributed by atoms with Crippen LogP contribution in [-0.2, 0) is 7.05 Å². The summed E-state index contributed by atoms with van der Waals surface area (Å²) in [4.78, 5) is 8.58. The number of hydrogen-bond donors (Lipinski definition) is 0. The lowest BCUT2D eigenvalue weighted by atomic mass is 10.2. The van der Waals surface area contributed by atoms with Gasteiger partial charge in [0.25, 0.3) is 0 Å². The molecule has 0 saturated carbocycles. The van der Waals surface area contributed by atoms with Crippen LogP contribution in [0.25, 0.3) is 0 Å². The van der Waals surface area contributed by atoms with E-state index < -0.39 is 0 Å². The molecule has 0 bridgehead atoms. The van der Waals surface area contributed by atoms with Gasteiger partial charge in [-0.25, -0.2) is 4.98 Å². The molecule has 1 aromatic carbocycles. The van der Waals surface area contributed by atoms with Crippen LogP contribution in [0.1, 0.15) is 11.3 Å². The van der Waals surface area contributed by atoms with Crippen molar-refractivity contribution in [3.05, 3.63) is 42.0 Å². The highest BCUT2D eigenvalue weighted by atomic mass is 16.5. The lowest BCUT2D eigenvalue weighted by Gasteiger charge is -2.04. The van der Waals surface area contributed by atoms with Gasteiger partial charge in [-0.1, -0.05) is 6.07 Å². The quantitative estimate of drug-likeness (QED) is 0.758. The van der Waals surface area contributed by atoms with E-state index in [4.69, 9.17) is 4.74 Å². The minimum absolute atomic E-state index is 0.766. The van der Waals surface area contributed by atoms with E-state index >= 15 is 0 Å². The highest BCUT2D eigenvalue weighted by Crippen LogP contribution is 2.27. The predicted octanol–water partition coefficient (Wildman–Crippen LogP) is 2.49. The SMILES string of the molecule is COc1ccc(C)cc1N=Cc1cn(C)cn1. The van der Waals surface area contributed by atoms with Gasteiger partial charge in [-0.2, -0.15) is 0 Å². The Morgan fingerprint density at radius 1 is 1.41 bits per heavy atom. The van der Waals surface area contributed by atoms with E-state index in [1.807, 2.05) is 42.9 Å². The van der Waals surface area contributed by atoms with Gasteiger partial charge in [-0.15, -0.1) is 0 Å². The molecule has 4 heteroatoms. The van der Waals surface area contributed by atoms with Crippen LogP contribution in [0.4, 0.5) is 5.69 Å². The molecule has 1 heterocycles. The number of hydrogen-bond acceptors (Lipinski definition) is 3. The monoisotopic (exact) mass is 229 g/mol. The summed E-state index contributed by atoms with van der Waals surface area (Å²) in [5, 5.41) is 0. The van der Waals surface area contributed by atoms with Gasteiger partial charge in [0.05, 0.1) is 25.3 Å². The smallest absolute Gasteiger partial charge is 0.144 e. The van der Waals surface area contributed by atoms with E-state index in [9.17, 15) is 0 Å². The van der Waals surface area contributed by atoms with Crippen molar-refractivity contribution in [2.24, 2.45) is 12.0 Å². The summed E-state index contributed by atoms with van der Waals surface area (Å²) in [5.41, 5.74) is 2.80. The van der Waals surface area contributed by atoms with Crippen LogP contribution < -0.4 is 4.74 Å². The number of aryl methyl sites for hydroxylation is 2. The average molecular weight is 229 g/mol. The number of nitrogens with zero attached hydrogens (tertiary/aromatic N) is 3. The van der Waals surface area contributed by atoms with E-state index in [0.717, 1.165) is 22.7 Å². The van der Waals surface area contributed by atoms with E-state index in [0.29, 0.717) is 0 Å². The summed E-state index contributed by atoms with van der Waals surface area (Å²) in [6, 6.07) is 5.90. The van der Waals surface area contributed by atoms with Gasteiger partial charge >= 0.3 is 0 Å². The summed E-state index contributed by atoms with van der Waals surface area (Å²) in [5.74, 6) is 0.766. The number of rotatable bonds is 3. The minimum Gasteiger partial charge on any atom is -0.494 e. The van der Waals surface area contributed by atoms with E-state index in [2.05, 4.69) is 9.98 Å². The van der Waals surface area contributed by atoms with Crippen LogP contribution >= 0.6 is 0 Å². The maximum absolute atomic E-state index is 5.25. The van der Waals surface area contributed by atoms with Crippen LogP contribution in [0.15, 0.2) is 35.7 Å². The Hall–Kier alpha value is -2.10. The Balaban J connectivity index is 2.28. The summed E-state index contributed by atoms with van der Waals surface area (Å²) < 4.78 is 7.14. The average Bonchev–Trinajstić information content (AvgIpc) is 2.73. The Morgan fingerprint density at radius 2 is 2.24 bits per heavy atom. The molecule has 1 aromatic heterocycles. The topological polar surface area (TPSA) is 39.4 Å². The highest BCUT2D eigenvalue weighted by Gasteiger charge is 2.00. The fraction of sp³-hybridized carbons (Fsp3) is 0.231. The number of imidazole rings is 1. The summed E-state index contributed by atoms with van der Waals surface area (Å²) in [6.07, 6.45) is 5.39. The third-order valence-electron chi connectivity index (χ3n) is 2.40. The van der Waals surface area contributed by atoms with Crippen molar-refractivity contribution in [2.75, 3.05) is 7.11 Å². The van der Waals surface area contributed by atoms with Gasteiger partial charge in [0.1, 0.15) is 11.4 Å². The normalized spacial score (nSPS) is 11.0. The molecule has 88 valence electrons. The molecule has 2 rings (SSSR count). The molecule has 0 saturated heterocycles. The molecule has 0 aliphatic carbocycles. The van der Waals surface area contributed by atoms with E-state index in [1.165, 1.54) is 0 Å². The Morgan fingerprint density at radius 3 is 2.88 bits per heavy atom. The van der Waals surface area contributed by atoms with Crippen molar-refractivity contribution >= 4 is 11.9 Å². The molecular weight excluding hydrogens is 214 g/mol. The second-order valence-electron chi connectivity index (χ2n) is 3.90. The third-order valence-corrected chi connectivity index (χ3v) is 2.40. The van der Waals surface area contributed by atoms with Crippen molar-refractivity contribution < 1.29 is 4.74 Å². The molecule has 2 aromatic rings. The first-order valence-electron chi connectivity index (χ1n) is 5.35. The van der Waals surface area contributed by atoms with Crippen molar-refractivity contribution in [1.29, 1.82) is 0 Å². The van der Waals surface area contributed by atoms with Crippen molar-refractivity contribution in [3.8, 4) is 5.75 Å². The molecule has 0 spiro atoms. The lowest BCUT2D eigenvalue weighted by Crippen LogP contribution is -1.85. The maximum atomic E-state index is 5.25. The molecule has 0 unspecified atom stereocenters. The molecule has 17 heavy (non-hydrogen) atoms.